The Morgan fingerprint density at radius 3 is 2.26 bits per heavy atom. The first-order valence-corrected chi connectivity index (χ1v) is 12.1. The number of halogens is 1. The molecule has 1 N–H and O–H groups in total. The Morgan fingerprint density at radius 1 is 1.00 bits per heavy atom. The maximum atomic E-state index is 13.3. The van der Waals surface area contributed by atoms with Gasteiger partial charge in [0.05, 0.1) is 25.3 Å². The summed E-state index contributed by atoms with van der Waals surface area (Å²) in [5, 5.41) is 11.3. The fraction of sp³-hybridized carbons (Fsp3) is 0.214. The highest BCUT2D eigenvalue weighted by molar-refractivity contribution is 9.10. The Hall–Kier alpha value is -3.58. The van der Waals surface area contributed by atoms with Crippen LogP contribution in [0.25, 0.3) is 5.76 Å². The molecule has 1 unspecified atom stereocenters. The van der Waals surface area contributed by atoms with Gasteiger partial charge < -0.3 is 14.6 Å². The van der Waals surface area contributed by atoms with E-state index in [4.69, 9.17) is 9.47 Å². The summed E-state index contributed by atoms with van der Waals surface area (Å²) in [6, 6.07) is 18.6. The van der Waals surface area contributed by atoms with Crippen LogP contribution in [-0.2, 0) is 9.59 Å². The Labute approximate surface area is 212 Å². The van der Waals surface area contributed by atoms with Gasteiger partial charge in [-0.25, -0.2) is 0 Å². The summed E-state index contributed by atoms with van der Waals surface area (Å²) >= 11 is 3.46. The molecule has 35 heavy (non-hydrogen) atoms. The number of aryl methyl sites for hydroxylation is 1. The molecular weight excluding hydrogens is 510 g/mol. The van der Waals surface area contributed by atoms with E-state index in [9.17, 15) is 14.7 Å². The third-order valence-corrected chi connectivity index (χ3v) is 6.78. The number of amides is 1. The van der Waals surface area contributed by atoms with E-state index in [0.717, 1.165) is 16.5 Å². The van der Waals surface area contributed by atoms with Crippen LogP contribution in [0.2, 0.25) is 0 Å². The number of hydrogen-bond acceptors (Lipinski definition) is 5. The van der Waals surface area contributed by atoms with Gasteiger partial charge in [0, 0.05) is 15.7 Å². The number of Topliss-reactive ketones (excluding diaryl/α,β-unsaturated/α-hetero) is 1. The number of aliphatic hydroxyl groups is 1. The number of nitrogens with zero attached hydrogens (tertiary/aromatic N) is 1. The summed E-state index contributed by atoms with van der Waals surface area (Å²) in [5.41, 5.74) is 2.60. The van der Waals surface area contributed by atoms with Crippen LogP contribution in [0.3, 0.4) is 0 Å². The minimum Gasteiger partial charge on any atom is -0.507 e. The monoisotopic (exact) mass is 535 g/mol. The Balaban J connectivity index is 1.87. The second-order valence-corrected chi connectivity index (χ2v) is 9.10. The second-order valence-electron chi connectivity index (χ2n) is 8.25. The number of anilines is 1. The van der Waals surface area contributed by atoms with Crippen molar-refractivity contribution in [3.05, 3.63) is 93.5 Å². The molecular formula is C28H26BrNO5. The van der Waals surface area contributed by atoms with E-state index in [1.807, 2.05) is 38.1 Å². The summed E-state index contributed by atoms with van der Waals surface area (Å²) < 4.78 is 11.8. The lowest BCUT2D eigenvalue weighted by atomic mass is 9.94. The molecule has 0 aromatic heterocycles. The molecule has 0 saturated carbocycles. The van der Waals surface area contributed by atoms with Gasteiger partial charge in [0.25, 0.3) is 11.7 Å². The molecule has 7 heteroatoms. The lowest BCUT2D eigenvalue weighted by molar-refractivity contribution is -0.132. The van der Waals surface area contributed by atoms with E-state index in [-0.39, 0.29) is 11.3 Å². The van der Waals surface area contributed by atoms with Crippen LogP contribution in [0, 0.1) is 6.92 Å². The lowest BCUT2D eigenvalue weighted by Crippen LogP contribution is -2.29. The number of ether oxygens (including phenoxy) is 2. The molecule has 1 fully saturated rings. The first-order chi connectivity index (χ1) is 16.8. The zero-order valence-corrected chi connectivity index (χ0v) is 21.3. The highest BCUT2D eigenvalue weighted by Gasteiger charge is 2.47. The van der Waals surface area contributed by atoms with Crippen molar-refractivity contribution in [3.8, 4) is 11.5 Å². The third kappa shape index (κ3) is 4.82. The minimum atomic E-state index is -0.812. The summed E-state index contributed by atoms with van der Waals surface area (Å²) in [4.78, 5) is 28.0. The van der Waals surface area contributed by atoms with Crippen molar-refractivity contribution in [1.82, 2.24) is 0 Å². The van der Waals surface area contributed by atoms with Gasteiger partial charge in [-0.05, 0) is 73.0 Å². The molecule has 1 amide bonds. The zero-order valence-electron chi connectivity index (χ0n) is 19.7. The zero-order chi connectivity index (χ0) is 25.1. The fourth-order valence-corrected chi connectivity index (χ4v) is 4.32. The van der Waals surface area contributed by atoms with Crippen molar-refractivity contribution < 1.29 is 24.2 Å². The molecule has 0 spiro atoms. The van der Waals surface area contributed by atoms with Crippen molar-refractivity contribution in [2.24, 2.45) is 0 Å². The maximum absolute atomic E-state index is 13.3. The number of methoxy groups -OCH3 is 1. The third-order valence-electron chi connectivity index (χ3n) is 5.90. The standard InChI is InChI=1S/C28H26BrNO5/c1-4-15-35-22-10-5-18(6-11-22)25-24(26(31)19-7-14-23(29)17(2)16-19)27(32)28(33)30(25)20-8-12-21(34-3)13-9-20/h5-14,16,25,31H,4,15H2,1-3H3/b26-24-. The van der Waals surface area contributed by atoms with E-state index < -0.39 is 17.7 Å². The molecule has 6 nitrogen and oxygen atoms in total. The number of benzene rings is 3. The average molecular weight is 536 g/mol. The fourth-order valence-electron chi connectivity index (χ4n) is 4.07. The molecule has 1 aliphatic rings. The predicted octanol–water partition coefficient (Wildman–Crippen LogP) is 6.18. The molecule has 180 valence electrons. The van der Waals surface area contributed by atoms with Gasteiger partial charge in [0.1, 0.15) is 17.3 Å². The van der Waals surface area contributed by atoms with Gasteiger partial charge >= 0.3 is 0 Å². The van der Waals surface area contributed by atoms with Gasteiger partial charge in [-0.3, -0.25) is 14.5 Å². The quantitative estimate of drug-likeness (QED) is 0.222. The number of hydrogen-bond donors (Lipinski definition) is 1. The van der Waals surface area contributed by atoms with E-state index in [0.29, 0.717) is 34.9 Å². The van der Waals surface area contributed by atoms with Crippen LogP contribution >= 0.6 is 15.9 Å². The molecule has 1 heterocycles. The maximum Gasteiger partial charge on any atom is 0.300 e. The van der Waals surface area contributed by atoms with Crippen LogP contribution in [-0.4, -0.2) is 30.5 Å². The molecule has 1 atom stereocenters. The number of rotatable bonds is 7. The topological polar surface area (TPSA) is 76.1 Å². The van der Waals surface area contributed by atoms with E-state index in [2.05, 4.69) is 15.9 Å². The second kappa shape index (κ2) is 10.4. The summed E-state index contributed by atoms with van der Waals surface area (Å²) in [5.74, 6) is -0.339. The number of ketones is 1. The largest absolute Gasteiger partial charge is 0.507 e. The van der Waals surface area contributed by atoms with Crippen molar-refractivity contribution in [1.29, 1.82) is 0 Å². The molecule has 3 aromatic rings. The van der Waals surface area contributed by atoms with Crippen LogP contribution in [0.15, 0.2) is 76.8 Å². The minimum absolute atomic E-state index is 0.0368. The average Bonchev–Trinajstić information content (AvgIpc) is 3.14. The lowest BCUT2D eigenvalue weighted by Gasteiger charge is -2.25. The molecule has 0 aliphatic carbocycles. The Morgan fingerprint density at radius 2 is 1.66 bits per heavy atom. The summed E-state index contributed by atoms with van der Waals surface area (Å²) in [6.07, 6.45) is 0.881. The van der Waals surface area contributed by atoms with Gasteiger partial charge in [0.2, 0.25) is 0 Å². The van der Waals surface area contributed by atoms with Crippen LogP contribution in [0.5, 0.6) is 11.5 Å². The van der Waals surface area contributed by atoms with E-state index in [1.165, 1.54) is 4.90 Å². The van der Waals surface area contributed by atoms with Crippen molar-refractivity contribution in [2.75, 3.05) is 18.6 Å². The molecule has 0 radical (unpaired) electrons. The van der Waals surface area contributed by atoms with Crippen molar-refractivity contribution >= 4 is 39.1 Å². The smallest absolute Gasteiger partial charge is 0.300 e. The highest BCUT2D eigenvalue weighted by Crippen LogP contribution is 2.43. The highest BCUT2D eigenvalue weighted by atomic mass is 79.9. The van der Waals surface area contributed by atoms with Crippen molar-refractivity contribution in [2.45, 2.75) is 26.3 Å². The first-order valence-electron chi connectivity index (χ1n) is 11.3. The normalized spacial score (nSPS) is 17.0. The SMILES string of the molecule is CCCOc1ccc(C2/C(=C(/O)c3ccc(Br)c(C)c3)C(=O)C(=O)N2c2ccc(OC)cc2)cc1. The van der Waals surface area contributed by atoms with E-state index in [1.54, 1.807) is 49.6 Å². The molecule has 1 aliphatic heterocycles. The van der Waals surface area contributed by atoms with Gasteiger partial charge in [-0.1, -0.05) is 41.1 Å². The predicted molar refractivity (Wildman–Crippen MR) is 139 cm³/mol. The van der Waals surface area contributed by atoms with Crippen molar-refractivity contribution in [3.63, 3.8) is 0 Å². The Bertz CT molecular complexity index is 1280. The molecule has 3 aromatic carbocycles. The summed E-state index contributed by atoms with van der Waals surface area (Å²) in [7, 11) is 1.56. The number of carbonyl (C=O) groups is 2. The first kappa shape index (κ1) is 24.5. The van der Waals surface area contributed by atoms with E-state index >= 15 is 0 Å². The molecule has 4 rings (SSSR count). The molecule has 1 saturated heterocycles. The summed E-state index contributed by atoms with van der Waals surface area (Å²) in [6.45, 7) is 4.51. The van der Waals surface area contributed by atoms with Crippen LogP contribution < -0.4 is 14.4 Å². The number of aliphatic hydroxyl groups excluding tert-OH is 1. The Kier molecular flexibility index (Phi) is 7.26. The van der Waals surface area contributed by atoms with Crippen LogP contribution in [0.4, 0.5) is 5.69 Å². The number of carbonyl (C=O) groups excluding carboxylic acids is 2. The van der Waals surface area contributed by atoms with Gasteiger partial charge in [0.15, 0.2) is 0 Å². The van der Waals surface area contributed by atoms with Crippen LogP contribution in [0.1, 0.15) is 36.1 Å². The van der Waals surface area contributed by atoms with Gasteiger partial charge in [-0.15, -0.1) is 0 Å². The molecule has 0 bridgehead atoms. The van der Waals surface area contributed by atoms with Gasteiger partial charge in [-0.2, -0.15) is 0 Å².